The number of likely N-dealkylation sites (tertiary alicyclic amines) is 1. The molecule has 7 fully saturated rings. The highest BCUT2D eigenvalue weighted by molar-refractivity contribution is 6.36. The molecule has 202 valence electrons. The first-order valence-corrected chi connectivity index (χ1v) is 15.5. The van der Waals surface area contributed by atoms with Gasteiger partial charge in [-0.1, -0.05) is 29.8 Å². The van der Waals surface area contributed by atoms with Crippen LogP contribution in [0.2, 0.25) is 5.02 Å². The lowest BCUT2D eigenvalue weighted by molar-refractivity contribution is 0.121. The number of amides is 2. The molecular formula is C31H32BClN6O. The van der Waals surface area contributed by atoms with Crippen molar-refractivity contribution in [1.82, 2.24) is 24.8 Å². The highest BCUT2D eigenvalue weighted by Crippen LogP contribution is 3.19. The van der Waals surface area contributed by atoms with Gasteiger partial charge in [-0.3, -0.25) is 0 Å². The Hall–Kier alpha value is -2.74. The monoisotopic (exact) mass is 550 g/mol. The number of anilines is 1. The maximum Gasteiger partial charge on any atom is 0.317 e. The van der Waals surface area contributed by atoms with Gasteiger partial charge in [-0.15, -0.1) is 0 Å². The highest BCUT2D eigenvalue weighted by Gasteiger charge is 3.22. The van der Waals surface area contributed by atoms with Crippen LogP contribution < -0.4 is 16.1 Å². The first kappa shape index (κ1) is 22.9. The number of carbonyl (C=O) groups is 1. The molecule has 6 unspecified atom stereocenters. The van der Waals surface area contributed by atoms with Crippen molar-refractivity contribution in [3.8, 4) is 11.3 Å². The number of hydrogen-bond donors (Lipinski definition) is 2. The molecule has 1 saturated heterocycles. The minimum atomic E-state index is 0.174. The lowest BCUT2D eigenvalue weighted by Gasteiger charge is -2.37. The molecule has 3 aromatic rings. The van der Waals surface area contributed by atoms with Gasteiger partial charge >= 0.3 is 6.03 Å². The van der Waals surface area contributed by atoms with E-state index in [0.29, 0.717) is 38.3 Å². The first-order valence-electron chi connectivity index (χ1n) is 15.2. The zero-order valence-corrected chi connectivity index (χ0v) is 23.3. The molecule has 10 rings (SSSR count). The minimum absolute atomic E-state index is 0.174. The molecule has 6 aliphatic carbocycles. The zero-order chi connectivity index (χ0) is 26.6. The summed E-state index contributed by atoms with van der Waals surface area (Å²) < 4.78 is 1.76. The summed E-state index contributed by atoms with van der Waals surface area (Å²) in [5.41, 5.74) is 4.45. The van der Waals surface area contributed by atoms with Crippen LogP contribution >= 0.6 is 11.6 Å². The number of fused-ring (bicyclic) bond motifs is 2. The fourth-order valence-electron chi connectivity index (χ4n) is 11.5. The van der Waals surface area contributed by atoms with Crippen LogP contribution in [0.3, 0.4) is 0 Å². The second-order valence-electron chi connectivity index (χ2n) is 14.0. The number of piperidine rings is 1. The number of nitrogens with one attached hydrogen (secondary N) is 2. The predicted octanol–water partition coefficient (Wildman–Crippen LogP) is 4.26. The Morgan fingerprint density at radius 3 is 2.75 bits per heavy atom. The molecular weight excluding hydrogens is 519 g/mol. The number of halogens is 1. The summed E-state index contributed by atoms with van der Waals surface area (Å²) >= 11 is 6.50. The molecule has 3 heterocycles. The van der Waals surface area contributed by atoms with Crippen LogP contribution in [0.25, 0.3) is 16.9 Å². The van der Waals surface area contributed by atoms with Crippen LogP contribution in [-0.4, -0.2) is 58.5 Å². The molecule has 2 aromatic heterocycles. The second kappa shape index (κ2) is 7.00. The van der Waals surface area contributed by atoms with Crippen LogP contribution in [0.15, 0.2) is 36.5 Å². The van der Waals surface area contributed by atoms with E-state index in [1.165, 1.54) is 32.1 Å². The summed E-state index contributed by atoms with van der Waals surface area (Å²) in [5.74, 6) is 3.94. The Morgan fingerprint density at radius 2 is 1.95 bits per heavy atom. The van der Waals surface area contributed by atoms with Gasteiger partial charge in [-0.2, -0.15) is 9.61 Å². The molecule has 7 aliphatic rings. The van der Waals surface area contributed by atoms with Crippen molar-refractivity contribution in [2.75, 3.05) is 25.0 Å². The van der Waals surface area contributed by atoms with E-state index < -0.39 is 0 Å². The van der Waals surface area contributed by atoms with Crippen LogP contribution in [0, 0.1) is 39.9 Å². The molecule has 8 atom stereocenters. The average molecular weight is 551 g/mol. The third kappa shape index (κ3) is 2.33. The first-order chi connectivity index (χ1) is 19.5. The van der Waals surface area contributed by atoms with Gasteiger partial charge < -0.3 is 15.5 Å². The van der Waals surface area contributed by atoms with Gasteiger partial charge in [0.05, 0.1) is 11.2 Å². The van der Waals surface area contributed by atoms with Gasteiger partial charge in [0.2, 0.25) is 0 Å². The SMILES string of the molecule is [B]c1cnn2c(NCC3CCCN(C(=O)NC45C67C[C@H]6CC6C[C@H]8CC84C75C6)C3)cc(-c3ccccc3Cl)nc12. The van der Waals surface area contributed by atoms with E-state index in [2.05, 4.69) is 20.6 Å². The van der Waals surface area contributed by atoms with E-state index in [9.17, 15) is 4.79 Å². The predicted molar refractivity (Wildman–Crippen MR) is 154 cm³/mol. The third-order valence-electron chi connectivity index (χ3n) is 12.7. The maximum absolute atomic E-state index is 13.8. The third-order valence-corrected chi connectivity index (χ3v) is 13.1. The van der Waals surface area contributed by atoms with Crippen molar-refractivity contribution < 1.29 is 4.79 Å². The van der Waals surface area contributed by atoms with E-state index in [4.69, 9.17) is 24.4 Å². The van der Waals surface area contributed by atoms with Crippen LogP contribution in [0.1, 0.15) is 44.9 Å². The van der Waals surface area contributed by atoms with Crippen LogP contribution in [-0.2, 0) is 0 Å². The summed E-state index contributed by atoms with van der Waals surface area (Å²) in [5, 5.41) is 12.5. The van der Waals surface area contributed by atoms with Crippen molar-refractivity contribution in [3.05, 3.63) is 41.6 Å². The number of urea groups is 1. The quantitative estimate of drug-likeness (QED) is 0.466. The molecule has 2 bridgehead atoms. The van der Waals surface area contributed by atoms with E-state index in [1.54, 1.807) is 10.7 Å². The van der Waals surface area contributed by atoms with E-state index in [-0.39, 0.29) is 11.6 Å². The molecule has 40 heavy (non-hydrogen) atoms. The highest BCUT2D eigenvalue weighted by atomic mass is 35.5. The molecule has 2 radical (unpaired) electrons. The Morgan fingerprint density at radius 1 is 1.15 bits per heavy atom. The second-order valence-corrected chi connectivity index (χ2v) is 14.5. The molecule has 9 heteroatoms. The molecule has 1 aliphatic heterocycles. The van der Waals surface area contributed by atoms with E-state index in [1.807, 2.05) is 30.3 Å². The van der Waals surface area contributed by atoms with Gasteiger partial charge in [0, 0.05) is 58.7 Å². The lowest BCUT2D eigenvalue weighted by Crippen LogP contribution is -2.51. The van der Waals surface area contributed by atoms with Gasteiger partial charge in [0.15, 0.2) is 5.65 Å². The van der Waals surface area contributed by atoms with E-state index >= 15 is 0 Å². The van der Waals surface area contributed by atoms with Crippen molar-refractivity contribution >= 4 is 42.4 Å². The number of rotatable bonds is 5. The van der Waals surface area contributed by atoms with Crippen molar-refractivity contribution in [2.45, 2.75) is 50.5 Å². The zero-order valence-electron chi connectivity index (χ0n) is 22.5. The Labute approximate surface area is 239 Å². The summed E-state index contributed by atoms with van der Waals surface area (Å²) in [6.07, 6.45) is 10.8. The average Bonchev–Trinajstić information content (AvgIpc) is 3.91. The molecule has 2 amide bonds. The Kier molecular flexibility index (Phi) is 4.01. The Balaban J connectivity index is 0.869. The van der Waals surface area contributed by atoms with Crippen LogP contribution in [0.4, 0.5) is 10.6 Å². The minimum Gasteiger partial charge on any atom is -0.370 e. The van der Waals surface area contributed by atoms with Crippen LogP contribution in [0.5, 0.6) is 0 Å². The van der Waals surface area contributed by atoms with Crippen molar-refractivity contribution in [2.24, 2.45) is 39.9 Å². The Bertz CT molecular complexity index is 1630. The molecule has 2 N–H and O–H groups in total. The van der Waals surface area contributed by atoms with Gasteiger partial charge in [-0.25, -0.2) is 9.78 Å². The number of nitrogens with zero attached hydrogens (tertiary/aromatic N) is 4. The number of carbonyl (C=O) groups excluding carboxylic acids is 1. The van der Waals surface area contributed by atoms with Gasteiger partial charge in [-0.05, 0) is 80.1 Å². The normalized spacial score (nSPS) is 42.4. The van der Waals surface area contributed by atoms with Gasteiger partial charge in [0.25, 0.3) is 0 Å². The molecule has 7 nitrogen and oxygen atoms in total. The summed E-state index contributed by atoms with van der Waals surface area (Å²) in [6, 6.07) is 9.89. The number of hydrogen-bond acceptors (Lipinski definition) is 4. The number of benzene rings is 1. The van der Waals surface area contributed by atoms with Crippen molar-refractivity contribution in [1.29, 1.82) is 0 Å². The standard InChI is InChI=1S/C31H32BClN6O/c32-22-15-35-39-25(10-24(36-26(22)39)21-5-1-2-6-23(21)33)34-14-17-4-3-7-38(16-17)27(40)37-31-28-12-19(28)8-18-9-20-13-29(20,31)30(28,31)11-18/h1-2,5-6,10,15,17-20,34H,3-4,7-9,11-14,16H2,(H,37,40)/t17?,18?,19-,20+,28?,29?,30?,31?. The van der Waals surface area contributed by atoms with Crippen molar-refractivity contribution in [3.63, 3.8) is 0 Å². The largest absolute Gasteiger partial charge is 0.370 e. The van der Waals surface area contributed by atoms with Gasteiger partial charge in [0.1, 0.15) is 13.7 Å². The molecule has 6 saturated carbocycles. The molecule has 1 aromatic carbocycles. The lowest BCUT2D eigenvalue weighted by atomic mass is 9.69. The fraction of sp³-hybridized carbons (Fsp3) is 0.581. The maximum atomic E-state index is 13.8. The molecule has 3 spiro atoms. The smallest absolute Gasteiger partial charge is 0.317 e. The summed E-state index contributed by atoms with van der Waals surface area (Å²) in [7, 11) is 6.21. The topological polar surface area (TPSA) is 74.6 Å². The summed E-state index contributed by atoms with van der Waals surface area (Å²) in [6.45, 7) is 2.39. The fourth-order valence-corrected chi connectivity index (χ4v) is 11.8. The van der Waals surface area contributed by atoms with E-state index in [0.717, 1.165) is 67.3 Å². The number of aromatic nitrogens is 3. The summed E-state index contributed by atoms with van der Waals surface area (Å²) in [4.78, 5) is 20.7.